The maximum atomic E-state index is 5.11. The number of methoxy groups -OCH3 is 2. The Bertz CT molecular complexity index is 284. The van der Waals surface area contributed by atoms with Crippen LogP contribution in [0.4, 0.5) is 0 Å². The molecule has 0 bridgehead atoms. The lowest BCUT2D eigenvalue weighted by molar-refractivity contribution is 0.387. The molecule has 0 aliphatic carbocycles. The SMILES string of the molecule is COc1cc(C)c(S)c(OC)c1. The van der Waals surface area contributed by atoms with E-state index in [1.165, 1.54) is 0 Å². The minimum atomic E-state index is 0.746. The number of benzene rings is 1. The molecule has 3 heteroatoms. The zero-order valence-electron chi connectivity index (χ0n) is 7.42. The van der Waals surface area contributed by atoms with Crippen LogP contribution < -0.4 is 9.47 Å². The van der Waals surface area contributed by atoms with Crippen LogP contribution in [0.2, 0.25) is 0 Å². The van der Waals surface area contributed by atoms with Crippen LogP contribution in [0.15, 0.2) is 17.0 Å². The molecule has 0 aliphatic heterocycles. The second-order valence-electron chi connectivity index (χ2n) is 2.50. The third-order valence-electron chi connectivity index (χ3n) is 1.69. The topological polar surface area (TPSA) is 18.5 Å². The van der Waals surface area contributed by atoms with E-state index in [1.807, 2.05) is 19.1 Å². The van der Waals surface area contributed by atoms with E-state index in [2.05, 4.69) is 12.6 Å². The van der Waals surface area contributed by atoms with Crippen molar-refractivity contribution in [3.63, 3.8) is 0 Å². The fourth-order valence-corrected chi connectivity index (χ4v) is 1.21. The first-order valence-electron chi connectivity index (χ1n) is 3.60. The highest BCUT2D eigenvalue weighted by atomic mass is 32.1. The van der Waals surface area contributed by atoms with Crippen molar-refractivity contribution in [2.75, 3.05) is 14.2 Å². The number of rotatable bonds is 2. The third-order valence-corrected chi connectivity index (χ3v) is 2.27. The van der Waals surface area contributed by atoms with E-state index in [4.69, 9.17) is 9.47 Å². The highest BCUT2D eigenvalue weighted by Gasteiger charge is 2.04. The lowest BCUT2D eigenvalue weighted by Gasteiger charge is -2.08. The van der Waals surface area contributed by atoms with Crippen molar-refractivity contribution in [3.8, 4) is 11.5 Å². The van der Waals surface area contributed by atoms with Crippen molar-refractivity contribution in [1.29, 1.82) is 0 Å². The van der Waals surface area contributed by atoms with Crippen LogP contribution >= 0.6 is 12.6 Å². The molecule has 0 unspecified atom stereocenters. The lowest BCUT2D eigenvalue weighted by atomic mass is 10.2. The van der Waals surface area contributed by atoms with E-state index in [0.717, 1.165) is 22.0 Å². The van der Waals surface area contributed by atoms with Crippen LogP contribution in [0.1, 0.15) is 5.56 Å². The highest BCUT2D eigenvalue weighted by molar-refractivity contribution is 7.80. The zero-order valence-corrected chi connectivity index (χ0v) is 8.31. The molecule has 0 saturated carbocycles. The molecule has 0 heterocycles. The minimum absolute atomic E-state index is 0.746. The third kappa shape index (κ3) is 1.67. The highest BCUT2D eigenvalue weighted by Crippen LogP contribution is 2.30. The number of hydrogen-bond donors (Lipinski definition) is 1. The molecule has 1 aromatic rings. The first kappa shape index (κ1) is 9.26. The summed E-state index contributed by atoms with van der Waals surface area (Å²) in [5.74, 6) is 1.54. The molecular formula is C9H12O2S. The maximum Gasteiger partial charge on any atom is 0.136 e. The molecule has 1 rings (SSSR count). The van der Waals surface area contributed by atoms with Crippen molar-refractivity contribution < 1.29 is 9.47 Å². The van der Waals surface area contributed by atoms with Crippen LogP contribution in [0.25, 0.3) is 0 Å². The van der Waals surface area contributed by atoms with Crippen molar-refractivity contribution in [3.05, 3.63) is 17.7 Å². The fourth-order valence-electron chi connectivity index (χ4n) is 0.989. The standard InChI is InChI=1S/C9H12O2S/c1-6-4-7(10-2)5-8(11-3)9(6)12/h4-5,12H,1-3H3. The maximum absolute atomic E-state index is 5.11. The first-order valence-corrected chi connectivity index (χ1v) is 4.05. The van der Waals surface area contributed by atoms with Gasteiger partial charge in [0.15, 0.2) is 0 Å². The van der Waals surface area contributed by atoms with E-state index in [9.17, 15) is 0 Å². The normalized spacial score (nSPS) is 9.67. The average Bonchev–Trinajstić information content (AvgIpc) is 2.09. The van der Waals surface area contributed by atoms with Gasteiger partial charge in [0.25, 0.3) is 0 Å². The Morgan fingerprint density at radius 3 is 2.33 bits per heavy atom. The summed E-state index contributed by atoms with van der Waals surface area (Å²) < 4.78 is 10.2. The predicted octanol–water partition coefficient (Wildman–Crippen LogP) is 2.30. The summed E-state index contributed by atoms with van der Waals surface area (Å²) in [6, 6.07) is 3.74. The van der Waals surface area contributed by atoms with E-state index in [-0.39, 0.29) is 0 Å². The van der Waals surface area contributed by atoms with Gasteiger partial charge in [-0.15, -0.1) is 12.6 Å². The summed E-state index contributed by atoms with van der Waals surface area (Å²) in [6.45, 7) is 1.97. The molecule has 66 valence electrons. The Labute approximate surface area is 77.9 Å². The summed E-state index contributed by atoms with van der Waals surface area (Å²) >= 11 is 4.30. The average molecular weight is 184 g/mol. The second-order valence-corrected chi connectivity index (χ2v) is 2.94. The number of thiol groups is 1. The van der Waals surface area contributed by atoms with Crippen LogP contribution in [-0.2, 0) is 0 Å². The van der Waals surface area contributed by atoms with Crippen LogP contribution in [0.3, 0.4) is 0 Å². The fraction of sp³-hybridized carbons (Fsp3) is 0.333. The second kappa shape index (κ2) is 3.72. The van der Waals surface area contributed by atoms with Crippen molar-refractivity contribution >= 4 is 12.6 Å². The Hall–Kier alpha value is -0.830. The summed E-state index contributed by atoms with van der Waals surface area (Å²) in [6.07, 6.45) is 0. The van der Waals surface area contributed by atoms with Crippen molar-refractivity contribution in [2.24, 2.45) is 0 Å². The smallest absolute Gasteiger partial charge is 0.136 e. The molecule has 0 fully saturated rings. The molecule has 0 N–H and O–H groups in total. The van der Waals surface area contributed by atoms with E-state index >= 15 is 0 Å². The number of ether oxygens (including phenoxy) is 2. The van der Waals surface area contributed by atoms with Gasteiger partial charge in [0.2, 0.25) is 0 Å². The molecule has 0 aromatic heterocycles. The lowest BCUT2D eigenvalue weighted by Crippen LogP contribution is -1.90. The van der Waals surface area contributed by atoms with E-state index in [1.54, 1.807) is 14.2 Å². The van der Waals surface area contributed by atoms with Gasteiger partial charge in [-0.25, -0.2) is 0 Å². The van der Waals surface area contributed by atoms with Gasteiger partial charge < -0.3 is 9.47 Å². The molecule has 12 heavy (non-hydrogen) atoms. The quantitative estimate of drug-likeness (QED) is 0.711. The molecule has 0 amide bonds. The largest absolute Gasteiger partial charge is 0.497 e. The van der Waals surface area contributed by atoms with Crippen LogP contribution in [0, 0.1) is 6.92 Å². The van der Waals surface area contributed by atoms with Crippen molar-refractivity contribution in [2.45, 2.75) is 11.8 Å². The minimum Gasteiger partial charge on any atom is -0.497 e. The Morgan fingerprint density at radius 2 is 1.83 bits per heavy atom. The molecule has 2 nitrogen and oxygen atoms in total. The summed E-state index contributed by atoms with van der Waals surface area (Å²) in [7, 11) is 3.25. The van der Waals surface area contributed by atoms with E-state index < -0.39 is 0 Å². The Balaban J connectivity index is 3.19. The molecule has 0 aliphatic rings. The summed E-state index contributed by atoms with van der Waals surface area (Å²) in [5, 5.41) is 0. The molecular weight excluding hydrogens is 172 g/mol. The van der Waals surface area contributed by atoms with Gasteiger partial charge in [0.1, 0.15) is 11.5 Å². The number of aryl methyl sites for hydroxylation is 1. The van der Waals surface area contributed by atoms with Crippen molar-refractivity contribution in [1.82, 2.24) is 0 Å². The van der Waals surface area contributed by atoms with Crippen LogP contribution in [0.5, 0.6) is 11.5 Å². The summed E-state index contributed by atoms with van der Waals surface area (Å²) in [5.41, 5.74) is 1.05. The molecule has 0 spiro atoms. The zero-order chi connectivity index (χ0) is 9.14. The first-order chi connectivity index (χ1) is 5.69. The van der Waals surface area contributed by atoms with Gasteiger partial charge in [0, 0.05) is 11.0 Å². The number of hydrogen-bond acceptors (Lipinski definition) is 3. The molecule has 0 radical (unpaired) electrons. The van der Waals surface area contributed by atoms with Gasteiger partial charge >= 0.3 is 0 Å². The molecule has 1 aromatic carbocycles. The Kier molecular flexibility index (Phi) is 2.87. The van der Waals surface area contributed by atoms with Gasteiger partial charge in [-0.2, -0.15) is 0 Å². The van der Waals surface area contributed by atoms with Gasteiger partial charge in [-0.1, -0.05) is 0 Å². The monoisotopic (exact) mass is 184 g/mol. The summed E-state index contributed by atoms with van der Waals surface area (Å²) in [4.78, 5) is 0.860. The Morgan fingerprint density at radius 1 is 1.17 bits per heavy atom. The van der Waals surface area contributed by atoms with E-state index in [0.29, 0.717) is 0 Å². The molecule has 0 atom stereocenters. The van der Waals surface area contributed by atoms with Gasteiger partial charge in [0.05, 0.1) is 14.2 Å². The predicted molar refractivity (Wildman–Crippen MR) is 51.5 cm³/mol. The molecule has 0 saturated heterocycles. The van der Waals surface area contributed by atoms with Gasteiger partial charge in [-0.3, -0.25) is 0 Å². The van der Waals surface area contributed by atoms with Gasteiger partial charge in [-0.05, 0) is 18.6 Å². The van der Waals surface area contributed by atoms with Crippen LogP contribution in [-0.4, -0.2) is 14.2 Å².